The topological polar surface area (TPSA) is 54.6 Å². The maximum absolute atomic E-state index is 10.4. The van der Waals surface area contributed by atoms with E-state index in [1.54, 1.807) is 6.92 Å². The number of ether oxygens (including phenoxy) is 1. The molecule has 0 spiro atoms. The molecule has 2 rings (SSSR count). The van der Waals surface area contributed by atoms with E-state index in [1.165, 1.54) is 0 Å². The van der Waals surface area contributed by atoms with Crippen LogP contribution in [0.1, 0.15) is 37.9 Å². The summed E-state index contributed by atoms with van der Waals surface area (Å²) in [7, 11) is 0. The van der Waals surface area contributed by atoms with E-state index < -0.39 is 5.60 Å². The first kappa shape index (κ1) is 16.6. The molecule has 0 saturated carbocycles. The van der Waals surface area contributed by atoms with E-state index in [0.717, 1.165) is 17.1 Å². The fraction of sp³-hybridized carbons (Fsp3) is 0.444. The fourth-order valence-electron chi connectivity index (χ4n) is 2.22. The van der Waals surface area contributed by atoms with Crippen LogP contribution in [0.4, 0.5) is 0 Å². The quantitative estimate of drug-likeness (QED) is 0.823. The zero-order valence-corrected chi connectivity index (χ0v) is 13.7. The zero-order valence-electron chi connectivity index (χ0n) is 13.7. The van der Waals surface area contributed by atoms with Crippen molar-refractivity contribution in [3.05, 3.63) is 53.5 Å². The van der Waals surface area contributed by atoms with Gasteiger partial charge in [-0.15, -0.1) is 0 Å². The molecule has 4 heteroatoms. The van der Waals surface area contributed by atoms with Gasteiger partial charge >= 0.3 is 0 Å². The standard InChI is InChI=1S/C18H25NO3/c1-13(2)21-16-8-6-15(7-9-16)11-19-12-18(4,20)17-10-5-14(3)22-17/h5-10,13,19-20H,11-12H2,1-4H3. The molecule has 0 aliphatic heterocycles. The van der Waals surface area contributed by atoms with Crippen molar-refractivity contribution in [2.24, 2.45) is 0 Å². The van der Waals surface area contributed by atoms with Crippen molar-refractivity contribution in [3.63, 3.8) is 0 Å². The number of furan rings is 1. The van der Waals surface area contributed by atoms with Crippen LogP contribution < -0.4 is 10.1 Å². The Morgan fingerprint density at radius 3 is 2.41 bits per heavy atom. The van der Waals surface area contributed by atoms with Crippen LogP contribution in [0.25, 0.3) is 0 Å². The van der Waals surface area contributed by atoms with Crippen molar-refractivity contribution in [2.45, 2.75) is 45.9 Å². The summed E-state index contributed by atoms with van der Waals surface area (Å²) in [6.07, 6.45) is 0.177. The number of hydrogen-bond donors (Lipinski definition) is 2. The molecular weight excluding hydrogens is 278 g/mol. The van der Waals surface area contributed by atoms with E-state index in [1.807, 2.05) is 57.2 Å². The Bertz CT molecular complexity index is 585. The zero-order chi connectivity index (χ0) is 16.2. The van der Waals surface area contributed by atoms with Gasteiger partial charge in [0.2, 0.25) is 0 Å². The number of rotatable bonds is 7. The summed E-state index contributed by atoms with van der Waals surface area (Å²) in [5.74, 6) is 2.26. The van der Waals surface area contributed by atoms with Gasteiger partial charge in [-0.3, -0.25) is 0 Å². The van der Waals surface area contributed by atoms with Crippen LogP contribution in [-0.2, 0) is 12.1 Å². The van der Waals surface area contributed by atoms with E-state index in [2.05, 4.69) is 5.32 Å². The molecule has 0 amide bonds. The molecule has 2 aromatic rings. The third-order valence-corrected chi connectivity index (χ3v) is 3.36. The molecule has 0 saturated heterocycles. The minimum Gasteiger partial charge on any atom is -0.491 e. The molecule has 4 nitrogen and oxygen atoms in total. The third kappa shape index (κ3) is 4.61. The molecule has 1 heterocycles. The largest absolute Gasteiger partial charge is 0.491 e. The van der Waals surface area contributed by atoms with Crippen LogP contribution in [-0.4, -0.2) is 17.8 Å². The van der Waals surface area contributed by atoms with Gasteiger partial charge in [-0.25, -0.2) is 0 Å². The first-order valence-electron chi connectivity index (χ1n) is 7.62. The van der Waals surface area contributed by atoms with Crippen LogP contribution in [0.5, 0.6) is 5.75 Å². The summed E-state index contributed by atoms with van der Waals surface area (Å²) >= 11 is 0. The smallest absolute Gasteiger partial charge is 0.136 e. The minimum absolute atomic E-state index is 0.177. The highest BCUT2D eigenvalue weighted by molar-refractivity contribution is 5.27. The lowest BCUT2D eigenvalue weighted by molar-refractivity contribution is 0.0332. The molecule has 0 bridgehead atoms. The number of nitrogens with one attached hydrogen (secondary N) is 1. The maximum Gasteiger partial charge on any atom is 0.136 e. The second-order valence-electron chi connectivity index (χ2n) is 6.10. The first-order chi connectivity index (χ1) is 10.4. The van der Waals surface area contributed by atoms with E-state index in [0.29, 0.717) is 18.8 Å². The molecule has 0 fully saturated rings. The number of benzene rings is 1. The molecule has 1 unspecified atom stereocenters. The normalized spacial score (nSPS) is 14.1. The minimum atomic E-state index is -1.02. The summed E-state index contributed by atoms with van der Waals surface area (Å²) in [6.45, 7) is 8.73. The highest BCUT2D eigenvalue weighted by Gasteiger charge is 2.26. The lowest BCUT2D eigenvalue weighted by atomic mass is 10.0. The Balaban J connectivity index is 1.85. The molecule has 1 aromatic heterocycles. The van der Waals surface area contributed by atoms with Crippen molar-refractivity contribution in [1.29, 1.82) is 0 Å². The number of aryl methyl sites for hydroxylation is 1. The second-order valence-corrected chi connectivity index (χ2v) is 6.10. The Morgan fingerprint density at radius 2 is 1.86 bits per heavy atom. The summed E-state index contributed by atoms with van der Waals surface area (Å²) < 4.78 is 11.1. The van der Waals surface area contributed by atoms with E-state index in [-0.39, 0.29) is 6.10 Å². The molecule has 0 radical (unpaired) electrons. The van der Waals surface area contributed by atoms with Crippen LogP contribution in [0, 0.1) is 6.92 Å². The van der Waals surface area contributed by atoms with Gasteiger partial charge in [0.15, 0.2) is 0 Å². The Labute approximate surface area is 132 Å². The molecule has 22 heavy (non-hydrogen) atoms. The van der Waals surface area contributed by atoms with Crippen molar-refractivity contribution in [1.82, 2.24) is 5.32 Å². The van der Waals surface area contributed by atoms with Gasteiger partial charge in [-0.2, -0.15) is 0 Å². The van der Waals surface area contributed by atoms with Crippen LogP contribution >= 0.6 is 0 Å². The van der Waals surface area contributed by atoms with E-state index >= 15 is 0 Å². The number of aliphatic hydroxyl groups is 1. The average molecular weight is 303 g/mol. The highest BCUT2D eigenvalue weighted by Crippen LogP contribution is 2.22. The predicted molar refractivity (Wildman–Crippen MR) is 86.9 cm³/mol. The van der Waals surface area contributed by atoms with Gasteiger partial charge in [0.1, 0.15) is 22.9 Å². The Morgan fingerprint density at radius 1 is 1.18 bits per heavy atom. The summed E-state index contributed by atoms with van der Waals surface area (Å²) in [5, 5.41) is 13.7. The first-order valence-corrected chi connectivity index (χ1v) is 7.62. The van der Waals surface area contributed by atoms with Crippen molar-refractivity contribution >= 4 is 0 Å². The molecule has 120 valence electrons. The SMILES string of the molecule is Cc1ccc(C(C)(O)CNCc2ccc(OC(C)C)cc2)o1. The van der Waals surface area contributed by atoms with Crippen molar-refractivity contribution < 1.29 is 14.3 Å². The van der Waals surface area contributed by atoms with Gasteiger partial charge in [0, 0.05) is 13.1 Å². The summed E-state index contributed by atoms with van der Waals surface area (Å²) in [6, 6.07) is 11.6. The maximum atomic E-state index is 10.4. The second kappa shape index (κ2) is 6.99. The molecule has 0 aliphatic rings. The van der Waals surface area contributed by atoms with Crippen LogP contribution in [0.15, 0.2) is 40.8 Å². The van der Waals surface area contributed by atoms with Crippen LogP contribution in [0.2, 0.25) is 0 Å². The molecule has 1 atom stereocenters. The summed E-state index contributed by atoms with van der Waals surface area (Å²) in [5.41, 5.74) is 0.122. The van der Waals surface area contributed by atoms with E-state index in [4.69, 9.17) is 9.15 Å². The van der Waals surface area contributed by atoms with Gasteiger partial charge < -0.3 is 19.6 Å². The molecular formula is C18H25NO3. The predicted octanol–water partition coefficient (Wildman–Crippen LogP) is 3.37. The van der Waals surface area contributed by atoms with E-state index in [9.17, 15) is 5.11 Å². The average Bonchev–Trinajstić information content (AvgIpc) is 2.87. The lowest BCUT2D eigenvalue weighted by Gasteiger charge is -2.21. The van der Waals surface area contributed by atoms with Crippen molar-refractivity contribution in [3.8, 4) is 5.75 Å². The Kier molecular flexibility index (Phi) is 5.27. The van der Waals surface area contributed by atoms with Crippen LogP contribution in [0.3, 0.4) is 0 Å². The fourth-order valence-corrected chi connectivity index (χ4v) is 2.22. The van der Waals surface area contributed by atoms with Crippen molar-refractivity contribution in [2.75, 3.05) is 6.54 Å². The van der Waals surface area contributed by atoms with Gasteiger partial charge in [0.25, 0.3) is 0 Å². The van der Waals surface area contributed by atoms with Gasteiger partial charge in [-0.05, 0) is 57.5 Å². The Hall–Kier alpha value is -1.78. The summed E-state index contributed by atoms with van der Waals surface area (Å²) in [4.78, 5) is 0. The molecule has 2 N–H and O–H groups in total. The number of hydrogen-bond acceptors (Lipinski definition) is 4. The highest BCUT2D eigenvalue weighted by atomic mass is 16.5. The van der Waals surface area contributed by atoms with Gasteiger partial charge in [-0.1, -0.05) is 12.1 Å². The van der Waals surface area contributed by atoms with Gasteiger partial charge in [0.05, 0.1) is 6.10 Å². The molecule has 1 aromatic carbocycles. The monoisotopic (exact) mass is 303 g/mol. The lowest BCUT2D eigenvalue weighted by Crippen LogP contribution is -2.34. The third-order valence-electron chi connectivity index (χ3n) is 3.36. The molecule has 0 aliphatic carbocycles.